The SMILES string of the molecule is O=C(CCn1cccn1)NC1CCCN(c2ccc(C(F)(F)F)cn2)C1. The number of anilines is 1. The average molecular weight is 367 g/mol. The van der Waals surface area contributed by atoms with E-state index in [2.05, 4.69) is 15.4 Å². The molecule has 1 N–H and O–H groups in total. The van der Waals surface area contributed by atoms with E-state index >= 15 is 0 Å². The molecule has 1 saturated heterocycles. The Morgan fingerprint density at radius 3 is 2.85 bits per heavy atom. The standard InChI is InChI=1S/C17H20F3N5O/c18-17(19,20)13-4-5-15(21-11-13)24-8-1-3-14(12-24)23-16(26)6-10-25-9-2-7-22-25/h2,4-5,7,9,11,14H,1,3,6,8,10,12H2,(H,23,26). The number of hydrogen-bond donors (Lipinski definition) is 1. The van der Waals surface area contributed by atoms with Gasteiger partial charge in [0.2, 0.25) is 5.91 Å². The summed E-state index contributed by atoms with van der Waals surface area (Å²) < 4.78 is 39.6. The fourth-order valence-electron chi connectivity index (χ4n) is 2.99. The number of aryl methyl sites for hydroxylation is 1. The summed E-state index contributed by atoms with van der Waals surface area (Å²) in [5, 5.41) is 7.04. The van der Waals surface area contributed by atoms with Crippen LogP contribution in [0.2, 0.25) is 0 Å². The quantitative estimate of drug-likeness (QED) is 0.882. The molecule has 1 aliphatic rings. The lowest BCUT2D eigenvalue weighted by Crippen LogP contribution is -2.48. The molecular weight excluding hydrogens is 347 g/mol. The second kappa shape index (κ2) is 7.76. The number of hydrogen-bond acceptors (Lipinski definition) is 4. The second-order valence-electron chi connectivity index (χ2n) is 6.27. The molecule has 0 bridgehead atoms. The van der Waals surface area contributed by atoms with Crippen LogP contribution in [0.3, 0.4) is 0 Å². The molecule has 1 unspecified atom stereocenters. The van der Waals surface area contributed by atoms with Crippen molar-refractivity contribution in [3.63, 3.8) is 0 Å². The summed E-state index contributed by atoms with van der Waals surface area (Å²) in [6.45, 7) is 1.75. The second-order valence-corrected chi connectivity index (χ2v) is 6.27. The molecule has 3 rings (SSSR count). The molecule has 1 aliphatic heterocycles. The van der Waals surface area contributed by atoms with E-state index in [-0.39, 0.29) is 11.9 Å². The Balaban J connectivity index is 1.52. The molecular formula is C17H20F3N5O. The van der Waals surface area contributed by atoms with Crippen LogP contribution in [0.15, 0.2) is 36.8 Å². The van der Waals surface area contributed by atoms with Crippen molar-refractivity contribution < 1.29 is 18.0 Å². The molecule has 3 heterocycles. The Morgan fingerprint density at radius 1 is 1.35 bits per heavy atom. The van der Waals surface area contributed by atoms with Gasteiger partial charge in [0.1, 0.15) is 5.82 Å². The lowest BCUT2D eigenvalue weighted by molar-refractivity contribution is -0.137. The predicted molar refractivity (Wildman–Crippen MR) is 89.5 cm³/mol. The van der Waals surface area contributed by atoms with Crippen LogP contribution in [-0.4, -0.2) is 39.8 Å². The van der Waals surface area contributed by atoms with Gasteiger partial charge in [0.05, 0.1) is 5.56 Å². The molecule has 2 aromatic heterocycles. The highest BCUT2D eigenvalue weighted by Gasteiger charge is 2.31. The third kappa shape index (κ3) is 4.74. The Labute approximate surface area is 149 Å². The number of carbonyl (C=O) groups excluding carboxylic acids is 1. The number of amides is 1. The highest BCUT2D eigenvalue weighted by molar-refractivity contribution is 5.76. The van der Waals surface area contributed by atoms with E-state index < -0.39 is 11.7 Å². The molecule has 9 heteroatoms. The van der Waals surface area contributed by atoms with E-state index in [0.717, 1.165) is 25.1 Å². The molecule has 2 aromatic rings. The van der Waals surface area contributed by atoms with E-state index in [4.69, 9.17) is 0 Å². The number of rotatable bonds is 5. The molecule has 0 aliphatic carbocycles. The average Bonchev–Trinajstić information content (AvgIpc) is 3.13. The number of pyridine rings is 1. The number of alkyl halides is 3. The van der Waals surface area contributed by atoms with Crippen molar-refractivity contribution in [1.82, 2.24) is 20.1 Å². The summed E-state index contributed by atoms with van der Waals surface area (Å²) in [4.78, 5) is 17.9. The number of aromatic nitrogens is 3. The van der Waals surface area contributed by atoms with Crippen LogP contribution in [0.25, 0.3) is 0 Å². The fourth-order valence-corrected chi connectivity index (χ4v) is 2.99. The van der Waals surface area contributed by atoms with Crippen molar-refractivity contribution in [2.45, 2.75) is 38.0 Å². The summed E-state index contributed by atoms with van der Waals surface area (Å²) in [6.07, 6.45) is 1.92. The number of piperidine rings is 1. The van der Waals surface area contributed by atoms with Gasteiger partial charge in [-0.25, -0.2) is 4.98 Å². The first kappa shape index (κ1) is 18.2. The smallest absolute Gasteiger partial charge is 0.355 e. The van der Waals surface area contributed by atoms with Crippen LogP contribution in [0.5, 0.6) is 0 Å². The van der Waals surface area contributed by atoms with Crippen LogP contribution in [0, 0.1) is 0 Å². The van der Waals surface area contributed by atoms with Gasteiger partial charge in [-0.3, -0.25) is 9.48 Å². The van der Waals surface area contributed by atoms with E-state index in [0.29, 0.717) is 31.9 Å². The van der Waals surface area contributed by atoms with Crippen LogP contribution in [0.1, 0.15) is 24.8 Å². The molecule has 0 aromatic carbocycles. The van der Waals surface area contributed by atoms with Crippen molar-refractivity contribution in [3.8, 4) is 0 Å². The molecule has 1 atom stereocenters. The molecule has 1 fully saturated rings. The van der Waals surface area contributed by atoms with Crippen molar-refractivity contribution in [1.29, 1.82) is 0 Å². The molecule has 0 spiro atoms. The number of nitrogens with zero attached hydrogens (tertiary/aromatic N) is 4. The third-order valence-corrected chi connectivity index (χ3v) is 4.31. The number of carbonyl (C=O) groups is 1. The predicted octanol–water partition coefficient (Wildman–Crippen LogP) is 2.47. The van der Waals surface area contributed by atoms with E-state index in [1.54, 1.807) is 23.1 Å². The van der Waals surface area contributed by atoms with Gasteiger partial charge in [0.25, 0.3) is 0 Å². The van der Waals surface area contributed by atoms with Crippen LogP contribution >= 0.6 is 0 Å². The minimum Gasteiger partial charge on any atom is -0.355 e. The summed E-state index contributed by atoms with van der Waals surface area (Å²) >= 11 is 0. The lowest BCUT2D eigenvalue weighted by Gasteiger charge is -2.34. The van der Waals surface area contributed by atoms with Gasteiger partial charge < -0.3 is 10.2 Å². The minimum absolute atomic E-state index is 0.0436. The molecule has 0 radical (unpaired) electrons. The zero-order chi connectivity index (χ0) is 18.6. The molecule has 140 valence electrons. The Kier molecular flexibility index (Phi) is 5.43. The molecule has 26 heavy (non-hydrogen) atoms. The molecule has 0 saturated carbocycles. The van der Waals surface area contributed by atoms with Crippen molar-refractivity contribution in [2.24, 2.45) is 0 Å². The van der Waals surface area contributed by atoms with E-state index in [1.807, 2.05) is 4.90 Å². The fraction of sp³-hybridized carbons (Fsp3) is 0.471. The summed E-state index contributed by atoms with van der Waals surface area (Å²) in [6, 6.07) is 4.17. The van der Waals surface area contributed by atoms with Crippen molar-refractivity contribution >= 4 is 11.7 Å². The third-order valence-electron chi connectivity index (χ3n) is 4.31. The highest BCUT2D eigenvalue weighted by Crippen LogP contribution is 2.29. The van der Waals surface area contributed by atoms with Gasteiger partial charge in [-0.1, -0.05) is 0 Å². The Bertz CT molecular complexity index is 715. The highest BCUT2D eigenvalue weighted by atomic mass is 19.4. The van der Waals surface area contributed by atoms with Gasteiger partial charge in [-0.05, 0) is 31.0 Å². The number of nitrogens with one attached hydrogen (secondary N) is 1. The maximum absolute atomic E-state index is 12.6. The van der Waals surface area contributed by atoms with Crippen molar-refractivity contribution in [3.05, 3.63) is 42.4 Å². The van der Waals surface area contributed by atoms with Gasteiger partial charge in [-0.15, -0.1) is 0 Å². The Morgan fingerprint density at radius 2 is 2.19 bits per heavy atom. The Hall–Kier alpha value is -2.58. The molecule has 6 nitrogen and oxygen atoms in total. The monoisotopic (exact) mass is 367 g/mol. The van der Waals surface area contributed by atoms with Gasteiger partial charge in [-0.2, -0.15) is 18.3 Å². The van der Waals surface area contributed by atoms with Gasteiger partial charge in [0, 0.05) is 50.7 Å². The largest absolute Gasteiger partial charge is 0.417 e. The summed E-state index contributed by atoms with van der Waals surface area (Å²) in [5.41, 5.74) is -0.762. The zero-order valence-corrected chi connectivity index (χ0v) is 14.1. The first-order chi connectivity index (χ1) is 12.4. The first-order valence-corrected chi connectivity index (χ1v) is 8.47. The topological polar surface area (TPSA) is 63.1 Å². The van der Waals surface area contributed by atoms with Crippen molar-refractivity contribution in [2.75, 3.05) is 18.0 Å². The van der Waals surface area contributed by atoms with Crippen LogP contribution < -0.4 is 10.2 Å². The van der Waals surface area contributed by atoms with Crippen LogP contribution in [0.4, 0.5) is 19.0 Å². The van der Waals surface area contributed by atoms with Gasteiger partial charge >= 0.3 is 6.18 Å². The number of halogens is 3. The first-order valence-electron chi connectivity index (χ1n) is 8.47. The van der Waals surface area contributed by atoms with E-state index in [1.165, 1.54) is 6.07 Å². The maximum atomic E-state index is 12.6. The minimum atomic E-state index is -4.39. The van der Waals surface area contributed by atoms with Crippen LogP contribution in [-0.2, 0) is 17.5 Å². The normalized spacial score (nSPS) is 18.0. The molecule has 1 amide bonds. The van der Waals surface area contributed by atoms with Gasteiger partial charge in [0.15, 0.2) is 0 Å². The lowest BCUT2D eigenvalue weighted by atomic mass is 10.1. The maximum Gasteiger partial charge on any atom is 0.417 e. The van der Waals surface area contributed by atoms with E-state index in [9.17, 15) is 18.0 Å². The zero-order valence-electron chi connectivity index (χ0n) is 14.1. The summed E-state index contributed by atoms with van der Waals surface area (Å²) in [5.74, 6) is 0.432. The summed E-state index contributed by atoms with van der Waals surface area (Å²) in [7, 11) is 0.